The van der Waals surface area contributed by atoms with Crippen LogP contribution in [0.1, 0.15) is 24.2 Å². The van der Waals surface area contributed by atoms with Crippen molar-refractivity contribution >= 4 is 23.2 Å². The van der Waals surface area contributed by atoms with Crippen LogP contribution in [-0.4, -0.2) is 67.6 Å². The molecule has 1 saturated heterocycles. The molecule has 0 spiro atoms. The maximum Gasteiger partial charge on any atom is 0.257 e. The van der Waals surface area contributed by atoms with Crippen molar-refractivity contribution in [2.24, 2.45) is 0 Å². The molecular weight excluding hydrogens is 372 g/mol. The van der Waals surface area contributed by atoms with Gasteiger partial charge in [0.05, 0.1) is 33.0 Å². The zero-order chi connectivity index (χ0) is 19.9. The van der Waals surface area contributed by atoms with E-state index in [4.69, 9.17) is 31.2 Å². The zero-order valence-corrected chi connectivity index (χ0v) is 16.5. The molecule has 2 rings (SSSR count). The van der Waals surface area contributed by atoms with E-state index >= 15 is 0 Å². The van der Waals surface area contributed by atoms with Crippen LogP contribution in [0, 0.1) is 0 Å². The van der Waals surface area contributed by atoms with E-state index in [0.29, 0.717) is 24.5 Å². The number of hydrogen-bond donors (Lipinski definition) is 3. The Balaban J connectivity index is 1.62. The molecule has 0 bridgehead atoms. The summed E-state index contributed by atoms with van der Waals surface area (Å²) < 4.78 is 21.5. The van der Waals surface area contributed by atoms with Gasteiger partial charge in [-0.05, 0) is 50.3 Å². The zero-order valence-electron chi connectivity index (χ0n) is 15.7. The fraction of sp³-hybridized carbons (Fsp3) is 0.556. The van der Waals surface area contributed by atoms with Crippen molar-refractivity contribution in [1.29, 1.82) is 0 Å². The lowest BCUT2D eigenvalue weighted by Crippen LogP contribution is -2.43. The Bertz CT molecular complexity index is 637. The molecule has 1 heterocycles. The van der Waals surface area contributed by atoms with Crippen molar-refractivity contribution in [3.63, 3.8) is 0 Å². The van der Waals surface area contributed by atoms with E-state index in [2.05, 4.69) is 10.6 Å². The molecule has 9 heteroatoms. The molecule has 0 unspecified atom stereocenters. The molecule has 1 fully saturated rings. The average Bonchev–Trinajstić information content (AvgIpc) is 2.98. The molecule has 0 saturated carbocycles. The summed E-state index contributed by atoms with van der Waals surface area (Å²) in [6.07, 6.45) is -0.929. The van der Waals surface area contributed by atoms with E-state index in [0.717, 1.165) is 0 Å². The number of carbonyl (C=O) groups is 1. The maximum atomic E-state index is 12.1. The monoisotopic (exact) mass is 398 g/mol. The van der Waals surface area contributed by atoms with Gasteiger partial charge in [-0.25, -0.2) is 0 Å². The minimum atomic E-state index is -0.781. The minimum absolute atomic E-state index is 0.113. The van der Waals surface area contributed by atoms with E-state index in [-0.39, 0.29) is 30.3 Å². The first-order chi connectivity index (χ1) is 12.8. The highest BCUT2D eigenvalue weighted by atomic mass is 32.1. The Morgan fingerprint density at radius 3 is 2.70 bits per heavy atom. The van der Waals surface area contributed by atoms with Crippen LogP contribution >= 0.6 is 12.2 Å². The van der Waals surface area contributed by atoms with E-state index < -0.39 is 11.9 Å². The van der Waals surface area contributed by atoms with Crippen LogP contribution in [0.5, 0.6) is 5.75 Å². The summed E-state index contributed by atoms with van der Waals surface area (Å²) in [5.41, 5.74) is 0.450. The Morgan fingerprint density at radius 1 is 1.41 bits per heavy atom. The van der Waals surface area contributed by atoms with Gasteiger partial charge in [0.15, 0.2) is 10.9 Å². The topological polar surface area (TPSA) is 98.3 Å². The maximum absolute atomic E-state index is 12.1. The Morgan fingerprint density at radius 2 is 2.11 bits per heavy atom. The second-order valence-electron chi connectivity index (χ2n) is 6.53. The molecule has 1 aromatic rings. The number of thiocarbonyl (C=S) groups is 1. The highest BCUT2D eigenvalue weighted by Gasteiger charge is 2.32. The lowest BCUT2D eigenvalue weighted by molar-refractivity contribution is -0.146. The first kappa shape index (κ1) is 21.5. The lowest BCUT2D eigenvalue weighted by atomic mass is 10.2. The summed E-state index contributed by atoms with van der Waals surface area (Å²) in [6, 6.07) is 6.64. The van der Waals surface area contributed by atoms with Crippen molar-refractivity contribution in [3.8, 4) is 5.75 Å². The van der Waals surface area contributed by atoms with Crippen LogP contribution < -0.4 is 15.4 Å². The van der Waals surface area contributed by atoms with E-state index in [9.17, 15) is 9.90 Å². The SMILES string of the molecule is COc1ccc(C(=O)NC(=S)NC[C@@H](O)COC[C@H]2COC(C)(C)O2)cc1. The van der Waals surface area contributed by atoms with Gasteiger partial charge in [-0.2, -0.15) is 0 Å². The number of aliphatic hydroxyl groups excluding tert-OH is 1. The van der Waals surface area contributed by atoms with Gasteiger partial charge in [-0.3, -0.25) is 10.1 Å². The van der Waals surface area contributed by atoms with Crippen molar-refractivity contribution in [2.45, 2.75) is 31.8 Å². The van der Waals surface area contributed by atoms with Crippen LogP contribution in [-0.2, 0) is 14.2 Å². The van der Waals surface area contributed by atoms with Crippen LogP contribution in [0.3, 0.4) is 0 Å². The first-order valence-corrected chi connectivity index (χ1v) is 9.00. The van der Waals surface area contributed by atoms with Crippen LogP contribution in [0.2, 0.25) is 0 Å². The van der Waals surface area contributed by atoms with Gasteiger partial charge in [-0.15, -0.1) is 0 Å². The third-order valence-corrected chi connectivity index (χ3v) is 4.01. The Hall–Kier alpha value is -1.78. The van der Waals surface area contributed by atoms with E-state index in [1.54, 1.807) is 31.4 Å². The smallest absolute Gasteiger partial charge is 0.257 e. The highest BCUT2D eigenvalue weighted by molar-refractivity contribution is 7.80. The molecule has 150 valence electrons. The molecule has 1 amide bonds. The number of rotatable bonds is 8. The Labute approximate surface area is 164 Å². The number of amides is 1. The van der Waals surface area contributed by atoms with Crippen molar-refractivity contribution < 1.29 is 28.8 Å². The van der Waals surface area contributed by atoms with Crippen molar-refractivity contribution in [2.75, 3.05) is 33.5 Å². The third-order valence-electron chi connectivity index (χ3n) is 3.76. The predicted molar refractivity (Wildman–Crippen MR) is 103 cm³/mol. The molecular formula is C18H26N2O6S. The molecule has 0 aliphatic carbocycles. The fourth-order valence-corrected chi connectivity index (χ4v) is 2.59. The minimum Gasteiger partial charge on any atom is -0.497 e. The fourth-order valence-electron chi connectivity index (χ4n) is 2.41. The molecule has 0 aromatic heterocycles. The standard InChI is InChI=1S/C18H26N2O6S/c1-18(2)25-11-15(26-18)10-24-9-13(21)8-19-17(27)20-16(22)12-4-6-14(23-3)7-5-12/h4-7,13,15,21H,8-11H2,1-3H3,(H2,19,20,22,27)/t13-,15+/m1/s1. The molecule has 27 heavy (non-hydrogen) atoms. The largest absolute Gasteiger partial charge is 0.497 e. The lowest BCUT2D eigenvalue weighted by Gasteiger charge is -2.18. The number of aliphatic hydroxyl groups is 1. The summed E-state index contributed by atoms with van der Waals surface area (Å²) >= 11 is 5.07. The normalized spacial score (nSPS) is 19.3. The quantitative estimate of drug-likeness (QED) is 0.554. The highest BCUT2D eigenvalue weighted by Crippen LogP contribution is 2.22. The van der Waals surface area contributed by atoms with Gasteiger partial charge in [0.2, 0.25) is 0 Å². The number of hydrogen-bond acceptors (Lipinski definition) is 7. The second kappa shape index (κ2) is 9.95. The summed E-state index contributed by atoms with van der Waals surface area (Å²) in [7, 11) is 1.55. The molecule has 1 aliphatic rings. The van der Waals surface area contributed by atoms with Crippen LogP contribution in [0.25, 0.3) is 0 Å². The number of carbonyl (C=O) groups excluding carboxylic acids is 1. The molecule has 1 aliphatic heterocycles. The molecule has 3 N–H and O–H groups in total. The molecule has 8 nitrogen and oxygen atoms in total. The summed E-state index contributed by atoms with van der Waals surface area (Å²) in [5.74, 6) is -0.280. The van der Waals surface area contributed by atoms with Gasteiger partial charge >= 0.3 is 0 Å². The van der Waals surface area contributed by atoms with Gasteiger partial charge in [0, 0.05) is 12.1 Å². The molecule has 2 atom stereocenters. The van der Waals surface area contributed by atoms with Gasteiger partial charge in [0.25, 0.3) is 5.91 Å². The van der Waals surface area contributed by atoms with Crippen LogP contribution in [0.15, 0.2) is 24.3 Å². The van der Waals surface area contributed by atoms with Gasteiger partial charge in [0.1, 0.15) is 11.9 Å². The summed E-state index contributed by atoms with van der Waals surface area (Å²) in [6.45, 7) is 4.74. The molecule has 0 radical (unpaired) electrons. The van der Waals surface area contributed by atoms with E-state index in [1.165, 1.54) is 0 Å². The van der Waals surface area contributed by atoms with Crippen LogP contribution in [0.4, 0.5) is 0 Å². The number of methoxy groups -OCH3 is 1. The summed E-state index contributed by atoms with van der Waals surface area (Å²) in [5, 5.41) is 15.4. The van der Waals surface area contributed by atoms with Crippen molar-refractivity contribution in [1.82, 2.24) is 10.6 Å². The number of nitrogens with one attached hydrogen (secondary N) is 2. The average molecular weight is 398 g/mol. The third kappa shape index (κ3) is 7.39. The van der Waals surface area contributed by atoms with Crippen molar-refractivity contribution in [3.05, 3.63) is 29.8 Å². The number of benzene rings is 1. The number of ether oxygens (including phenoxy) is 4. The van der Waals surface area contributed by atoms with Gasteiger partial charge < -0.3 is 29.4 Å². The first-order valence-electron chi connectivity index (χ1n) is 8.60. The molecule has 1 aromatic carbocycles. The van der Waals surface area contributed by atoms with E-state index in [1.807, 2.05) is 13.8 Å². The summed E-state index contributed by atoms with van der Waals surface area (Å²) in [4.78, 5) is 12.1. The van der Waals surface area contributed by atoms with Gasteiger partial charge in [-0.1, -0.05) is 0 Å². The predicted octanol–water partition coefficient (Wildman–Crippen LogP) is 0.829. The Kier molecular flexibility index (Phi) is 7.93. The second-order valence-corrected chi connectivity index (χ2v) is 6.94.